The second kappa shape index (κ2) is 12.7. The van der Waals surface area contributed by atoms with E-state index in [-0.39, 0.29) is 5.91 Å². The van der Waals surface area contributed by atoms with Crippen molar-refractivity contribution in [1.82, 2.24) is 15.2 Å². The van der Waals surface area contributed by atoms with Gasteiger partial charge in [-0.1, -0.05) is 36.4 Å². The Morgan fingerprint density at radius 3 is 2.35 bits per heavy atom. The normalized spacial score (nSPS) is 13.9. The average Bonchev–Trinajstić information content (AvgIpc) is 2.89. The first-order valence-corrected chi connectivity index (χ1v) is 11.6. The van der Waals surface area contributed by atoms with Gasteiger partial charge < -0.3 is 19.5 Å². The number of nitrogens with one attached hydrogen (secondary N) is 1. The molecule has 0 radical (unpaired) electrons. The minimum Gasteiger partial charge on any atom is -0.492 e. The van der Waals surface area contributed by atoms with Crippen LogP contribution in [0.2, 0.25) is 0 Å². The Morgan fingerprint density at radius 2 is 1.65 bits per heavy atom. The molecule has 178 valence electrons. The van der Waals surface area contributed by atoms with Crippen molar-refractivity contribution in [2.75, 3.05) is 39.5 Å². The third kappa shape index (κ3) is 7.86. The van der Waals surface area contributed by atoms with Gasteiger partial charge in [0.15, 0.2) is 0 Å². The number of nitrogens with zero attached hydrogens (tertiary/aromatic N) is 2. The molecule has 1 N–H and O–H groups in total. The summed E-state index contributed by atoms with van der Waals surface area (Å²) in [5.41, 5.74) is 2.77. The van der Waals surface area contributed by atoms with Crippen LogP contribution in [-0.4, -0.2) is 55.2 Å². The lowest BCUT2D eigenvalue weighted by atomic mass is 10.1. The lowest BCUT2D eigenvalue weighted by Gasteiger charge is -2.26. The standard InChI is InChI=1S/C27H31N3O4/c31-27(18-22-4-2-1-3-5-22)29-20-24-7-6-23(19-28-24)21-34-26-10-8-25(9-11-26)33-17-14-30-12-15-32-16-13-30/h1-11,19H,12-18,20-21H2,(H,29,31). The topological polar surface area (TPSA) is 72.9 Å². The summed E-state index contributed by atoms with van der Waals surface area (Å²) in [7, 11) is 0. The Bertz CT molecular complexity index is 1000. The number of benzene rings is 2. The maximum atomic E-state index is 12.1. The number of aromatic nitrogens is 1. The first kappa shape index (κ1) is 23.7. The van der Waals surface area contributed by atoms with Crippen molar-refractivity contribution in [1.29, 1.82) is 0 Å². The quantitative estimate of drug-likeness (QED) is 0.473. The van der Waals surface area contributed by atoms with Crippen LogP contribution in [0.25, 0.3) is 0 Å². The average molecular weight is 462 g/mol. The molecule has 4 rings (SSSR count). The SMILES string of the molecule is O=C(Cc1ccccc1)NCc1ccc(COc2ccc(OCCN3CCOCC3)cc2)cn1. The molecule has 2 aromatic carbocycles. The predicted octanol–water partition coefficient (Wildman–Crippen LogP) is 3.23. The van der Waals surface area contributed by atoms with E-state index < -0.39 is 0 Å². The van der Waals surface area contributed by atoms with Crippen molar-refractivity contribution < 1.29 is 19.0 Å². The number of hydrogen-bond donors (Lipinski definition) is 1. The van der Waals surface area contributed by atoms with Gasteiger partial charge in [0.1, 0.15) is 24.7 Å². The Hall–Kier alpha value is -3.42. The molecule has 1 amide bonds. The van der Waals surface area contributed by atoms with E-state index in [1.807, 2.05) is 66.7 Å². The minimum absolute atomic E-state index is 0.0195. The second-order valence-corrected chi connectivity index (χ2v) is 8.16. The fourth-order valence-corrected chi connectivity index (χ4v) is 3.59. The molecule has 0 saturated carbocycles. The van der Waals surface area contributed by atoms with Crippen molar-refractivity contribution in [2.24, 2.45) is 0 Å². The smallest absolute Gasteiger partial charge is 0.224 e. The van der Waals surface area contributed by atoms with Gasteiger partial charge in [-0.15, -0.1) is 0 Å². The van der Waals surface area contributed by atoms with Crippen molar-refractivity contribution in [3.05, 3.63) is 89.7 Å². The number of carbonyl (C=O) groups is 1. The van der Waals surface area contributed by atoms with E-state index in [0.29, 0.717) is 26.2 Å². The zero-order chi connectivity index (χ0) is 23.4. The Balaban J connectivity index is 1.15. The van der Waals surface area contributed by atoms with E-state index in [0.717, 1.165) is 61.2 Å². The molecule has 34 heavy (non-hydrogen) atoms. The fraction of sp³-hybridized carbons (Fsp3) is 0.333. The van der Waals surface area contributed by atoms with E-state index >= 15 is 0 Å². The first-order chi connectivity index (χ1) is 16.7. The van der Waals surface area contributed by atoms with Gasteiger partial charge in [0, 0.05) is 31.4 Å². The summed E-state index contributed by atoms with van der Waals surface area (Å²) < 4.78 is 17.1. The van der Waals surface area contributed by atoms with Crippen LogP contribution in [0.4, 0.5) is 0 Å². The molecule has 0 bridgehead atoms. The van der Waals surface area contributed by atoms with Crippen molar-refractivity contribution in [3.63, 3.8) is 0 Å². The number of morpholine rings is 1. The second-order valence-electron chi connectivity index (χ2n) is 8.16. The van der Waals surface area contributed by atoms with Crippen molar-refractivity contribution in [2.45, 2.75) is 19.6 Å². The highest BCUT2D eigenvalue weighted by molar-refractivity contribution is 5.78. The summed E-state index contributed by atoms with van der Waals surface area (Å²) in [5, 5.41) is 2.91. The van der Waals surface area contributed by atoms with Gasteiger partial charge in [-0.2, -0.15) is 0 Å². The van der Waals surface area contributed by atoms with Crippen molar-refractivity contribution >= 4 is 5.91 Å². The molecule has 1 aliphatic rings. The van der Waals surface area contributed by atoms with Crippen LogP contribution in [0, 0.1) is 0 Å². The summed E-state index contributed by atoms with van der Waals surface area (Å²) >= 11 is 0. The van der Waals surface area contributed by atoms with Crippen molar-refractivity contribution in [3.8, 4) is 11.5 Å². The maximum Gasteiger partial charge on any atom is 0.224 e. The monoisotopic (exact) mass is 461 g/mol. The zero-order valence-electron chi connectivity index (χ0n) is 19.3. The van der Waals surface area contributed by atoms with Gasteiger partial charge in [-0.05, 0) is 35.9 Å². The highest BCUT2D eigenvalue weighted by Crippen LogP contribution is 2.19. The van der Waals surface area contributed by atoms with E-state index in [4.69, 9.17) is 14.2 Å². The Labute approximate surface area is 200 Å². The largest absolute Gasteiger partial charge is 0.492 e. The molecule has 3 aromatic rings. The molecule has 2 heterocycles. The van der Waals surface area contributed by atoms with Gasteiger partial charge in [0.05, 0.1) is 31.9 Å². The van der Waals surface area contributed by atoms with Crippen LogP contribution in [0.1, 0.15) is 16.8 Å². The number of carbonyl (C=O) groups excluding carboxylic acids is 1. The molecule has 0 spiro atoms. The Morgan fingerprint density at radius 1 is 0.912 bits per heavy atom. The molecule has 1 aliphatic heterocycles. The molecular weight excluding hydrogens is 430 g/mol. The van der Waals surface area contributed by atoms with Gasteiger partial charge in [-0.3, -0.25) is 14.7 Å². The third-order valence-electron chi connectivity index (χ3n) is 5.57. The number of hydrogen-bond acceptors (Lipinski definition) is 6. The number of pyridine rings is 1. The third-order valence-corrected chi connectivity index (χ3v) is 5.57. The molecular formula is C27H31N3O4. The minimum atomic E-state index is -0.0195. The lowest BCUT2D eigenvalue weighted by molar-refractivity contribution is -0.120. The summed E-state index contributed by atoms with van der Waals surface area (Å²) in [4.78, 5) is 18.9. The van der Waals surface area contributed by atoms with Gasteiger partial charge in [0.2, 0.25) is 5.91 Å². The molecule has 7 heteroatoms. The van der Waals surface area contributed by atoms with Gasteiger partial charge in [-0.25, -0.2) is 0 Å². The van der Waals surface area contributed by atoms with E-state index in [9.17, 15) is 4.79 Å². The van der Waals surface area contributed by atoms with E-state index in [1.54, 1.807) is 6.20 Å². The number of rotatable bonds is 11. The van der Waals surface area contributed by atoms with Gasteiger partial charge in [0.25, 0.3) is 0 Å². The molecule has 0 atom stereocenters. The van der Waals surface area contributed by atoms with Crippen LogP contribution in [0.3, 0.4) is 0 Å². The highest BCUT2D eigenvalue weighted by atomic mass is 16.5. The van der Waals surface area contributed by atoms with Crippen LogP contribution in [-0.2, 0) is 29.1 Å². The van der Waals surface area contributed by atoms with Crippen LogP contribution >= 0.6 is 0 Å². The van der Waals surface area contributed by atoms with E-state index in [1.165, 1.54) is 0 Å². The zero-order valence-corrected chi connectivity index (χ0v) is 19.3. The molecule has 1 aromatic heterocycles. The predicted molar refractivity (Wildman–Crippen MR) is 130 cm³/mol. The summed E-state index contributed by atoms with van der Waals surface area (Å²) in [5.74, 6) is 1.59. The molecule has 7 nitrogen and oxygen atoms in total. The molecule has 0 unspecified atom stereocenters. The van der Waals surface area contributed by atoms with E-state index in [2.05, 4.69) is 15.2 Å². The summed E-state index contributed by atoms with van der Waals surface area (Å²) in [6.45, 7) is 5.92. The molecule has 1 fully saturated rings. The van der Waals surface area contributed by atoms with Crippen LogP contribution in [0.5, 0.6) is 11.5 Å². The molecule has 1 saturated heterocycles. The maximum absolute atomic E-state index is 12.1. The van der Waals surface area contributed by atoms with Crippen LogP contribution in [0.15, 0.2) is 72.9 Å². The number of ether oxygens (including phenoxy) is 3. The first-order valence-electron chi connectivity index (χ1n) is 11.6. The Kier molecular flexibility index (Phi) is 8.88. The summed E-state index contributed by atoms with van der Waals surface area (Å²) in [6, 6.07) is 21.2. The highest BCUT2D eigenvalue weighted by Gasteiger charge is 2.10. The number of amides is 1. The summed E-state index contributed by atoms with van der Waals surface area (Å²) in [6.07, 6.45) is 2.15. The van der Waals surface area contributed by atoms with Gasteiger partial charge >= 0.3 is 0 Å². The lowest BCUT2D eigenvalue weighted by Crippen LogP contribution is -2.38. The van der Waals surface area contributed by atoms with Crippen LogP contribution < -0.4 is 14.8 Å². The molecule has 0 aliphatic carbocycles. The fourth-order valence-electron chi connectivity index (χ4n) is 3.59.